The largest absolute Gasteiger partial charge is 0.300 e. The summed E-state index contributed by atoms with van der Waals surface area (Å²) in [5.74, 6) is 1.42. The normalized spacial score (nSPS) is 54.5. The van der Waals surface area contributed by atoms with Crippen molar-refractivity contribution in [3.63, 3.8) is 0 Å². The summed E-state index contributed by atoms with van der Waals surface area (Å²) < 4.78 is 0. The Kier molecular flexibility index (Phi) is 4.02. The minimum absolute atomic E-state index is 0.0856. The maximum absolute atomic E-state index is 9.60. The molecule has 3 heterocycles. The molecule has 5 nitrogen and oxygen atoms in total. The molecule has 3 aliphatic heterocycles. The van der Waals surface area contributed by atoms with Crippen molar-refractivity contribution in [1.82, 2.24) is 15.5 Å². The summed E-state index contributed by atoms with van der Waals surface area (Å²) in [4.78, 5) is 2.84. The summed E-state index contributed by atoms with van der Waals surface area (Å²) in [5, 5.41) is 27.6. The number of nitrogens with zero attached hydrogens (tertiary/aromatic N) is 3. The van der Waals surface area contributed by atoms with Crippen LogP contribution in [0.25, 0.3) is 0 Å². The Morgan fingerprint density at radius 3 is 2.60 bits per heavy atom. The van der Waals surface area contributed by atoms with Gasteiger partial charge in [-0.05, 0) is 43.9 Å². The lowest BCUT2D eigenvalue weighted by molar-refractivity contribution is 0.0431. The van der Waals surface area contributed by atoms with E-state index >= 15 is 0 Å². The van der Waals surface area contributed by atoms with Crippen molar-refractivity contribution in [1.29, 1.82) is 10.5 Å². The molecule has 0 bridgehead atoms. The number of fused-ring (bicyclic) bond motifs is 5. The third kappa shape index (κ3) is 2.38. The van der Waals surface area contributed by atoms with Crippen molar-refractivity contribution >= 4 is 11.8 Å². The zero-order chi connectivity index (χ0) is 17.1. The van der Waals surface area contributed by atoms with E-state index < -0.39 is 0 Å². The first-order valence-electron chi connectivity index (χ1n) is 9.90. The first-order valence-corrected chi connectivity index (χ1v) is 10.8. The summed E-state index contributed by atoms with van der Waals surface area (Å²) in [6.45, 7) is 3.32. The van der Waals surface area contributed by atoms with Crippen LogP contribution in [0.3, 0.4) is 0 Å². The summed E-state index contributed by atoms with van der Waals surface area (Å²) in [5.41, 5.74) is 0. The van der Waals surface area contributed by atoms with Gasteiger partial charge in [0.2, 0.25) is 0 Å². The van der Waals surface area contributed by atoms with Crippen molar-refractivity contribution in [2.24, 2.45) is 23.7 Å². The van der Waals surface area contributed by atoms with E-state index in [0.717, 1.165) is 31.3 Å². The van der Waals surface area contributed by atoms with Gasteiger partial charge >= 0.3 is 0 Å². The highest BCUT2D eigenvalue weighted by atomic mass is 32.2. The van der Waals surface area contributed by atoms with Crippen LogP contribution in [0.1, 0.15) is 39.0 Å². The highest BCUT2D eigenvalue weighted by Gasteiger charge is 2.61. The Hall–Kier alpha value is -0.790. The van der Waals surface area contributed by atoms with Crippen LogP contribution >= 0.6 is 11.8 Å². The van der Waals surface area contributed by atoms with Gasteiger partial charge in [-0.2, -0.15) is 10.5 Å². The van der Waals surface area contributed by atoms with Gasteiger partial charge in [0.25, 0.3) is 0 Å². The number of thioether (sulfide) groups is 1. The van der Waals surface area contributed by atoms with E-state index in [1.807, 2.05) is 0 Å². The van der Waals surface area contributed by atoms with Crippen LogP contribution in [0, 0.1) is 46.3 Å². The first-order chi connectivity index (χ1) is 12.2. The fourth-order valence-electron chi connectivity index (χ4n) is 6.52. The van der Waals surface area contributed by atoms with Crippen LogP contribution in [0.15, 0.2) is 0 Å². The Bertz CT molecular complexity index is 626. The zero-order valence-electron chi connectivity index (χ0n) is 14.8. The van der Waals surface area contributed by atoms with E-state index in [4.69, 9.17) is 0 Å². The number of hydrogen-bond acceptors (Lipinski definition) is 6. The number of rotatable bonds is 0. The third-order valence-electron chi connectivity index (χ3n) is 7.56. The van der Waals surface area contributed by atoms with Crippen molar-refractivity contribution in [3.05, 3.63) is 0 Å². The summed E-state index contributed by atoms with van der Waals surface area (Å²) in [6, 6.07) is 7.19. The molecule has 10 atom stereocenters. The molecule has 5 rings (SSSR count). The SMILES string of the molecule is CC1CCC2C(C1)C1NCNC3SC4CC(C#N)C(C#N)CC4N2C31. The van der Waals surface area contributed by atoms with Crippen LogP contribution in [-0.2, 0) is 0 Å². The van der Waals surface area contributed by atoms with Crippen molar-refractivity contribution < 1.29 is 0 Å². The van der Waals surface area contributed by atoms with Gasteiger partial charge in [-0.25, -0.2) is 0 Å². The van der Waals surface area contributed by atoms with Crippen molar-refractivity contribution in [3.8, 4) is 12.1 Å². The summed E-state index contributed by atoms with van der Waals surface area (Å²) in [7, 11) is 0. The molecule has 134 valence electrons. The molecule has 2 saturated carbocycles. The smallest absolute Gasteiger partial charge is 0.0718 e. The molecule has 6 heteroatoms. The fourth-order valence-corrected chi connectivity index (χ4v) is 8.30. The highest BCUT2D eigenvalue weighted by Crippen LogP contribution is 2.53. The van der Waals surface area contributed by atoms with Crippen LogP contribution in [-0.4, -0.2) is 46.4 Å². The summed E-state index contributed by atoms with van der Waals surface area (Å²) in [6.07, 6.45) is 5.76. The predicted octanol–water partition coefficient (Wildman–Crippen LogP) is 1.88. The molecule has 0 radical (unpaired) electrons. The molecule has 0 aromatic carbocycles. The molecule has 0 aromatic heterocycles. The average Bonchev–Trinajstić information content (AvgIpc) is 2.96. The minimum Gasteiger partial charge on any atom is -0.300 e. The van der Waals surface area contributed by atoms with E-state index in [1.54, 1.807) is 0 Å². The second-order valence-electron chi connectivity index (χ2n) is 8.80. The molecule has 25 heavy (non-hydrogen) atoms. The van der Waals surface area contributed by atoms with Gasteiger partial charge in [-0.1, -0.05) is 6.92 Å². The first kappa shape index (κ1) is 16.4. The van der Waals surface area contributed by atoms with Crippen LogP contribution in [0.2, 0.25) is 0 Å². The molecular weight excluding hydrogens is 330 g/mol. The minimum atomic E-state index is -0.0899. The molecular formula is C19H27N5S. The molecule has 5 aliphatic rings. The lowest BCUT2D eigenvalue weighted by Gasteiger charge is -2.54. The van der Waals surface area contributed by atoms with Gasteiger partial charge in [-0.3, -0.25) is 15.5 Å². The summed E-state index contributed by atoms with van der Waals surface area (Å²) >= 11 is 2.07. The quantitative estimate of drug-likeness (QED) is 0.689. The predicted molar refractivity (Wildman–Crippen MR) is 97.2 cm³/mol. The van der Waals surface area contributed by atoms with E-state index in [-0.39, 0.29) is 11.8 Å². The van der Waals surface area contributed by atoms with Crippen molar-refractivity contribution in [2.45, 2.75) is 73.8 Å². The van der Waals surface area contributed by atoms with E-state index in [0.29, 0.717) is 34.8 Å². The van der Waals surface area contributed by atoms with Crippen LogP contribution in [0.5, 0.6) is 0 Å². The lowest BCUT2D eigenvalue weighted by atomic mass is 9.75. The Balaban J connectivity index is 1.50. The Morgan fingerprint density at radius 1 is 1.00 bits per heavy atom. The van der Waals surface area contributed by atoms with Gasteiger partial charge in [0.05, 0.1) is 35.4 Å². The van der Waals surface area contributed by atoms with Gasteiger partial charge in [0, 0.05) is 30.0 Å². The van der Waals surface area contributed by atoms with Gasteiger partial charge in [0.15, 0.2) is 0 Å². The van der Waals surface area contributed by atoms with E-state index in [2.05, 4.69) is 46.4 Å². The topological polar surface area (TPSA) is 74.9 Å². The Labute approximate surface area is 154 Å². The maximum atomic E-state index is 9.60. The van der Waals surface area contributed by atoms with Gasteiger partial charge in [0.1, 0.15) is 0 Å². The van der Waals surface area contributed by atoms with E-state index in [1.165, 1.54) is 19.3 Å². The molecule has 10 unspecified atom stereocenters. The molecule has 5 fully saturated rings. The lowest BCUT2D eigenvalue weighted by Crippen LogP contribution is -2.68. The number of hydrogen-bond donors (Lipinski definition) is 2. The molecule has 0 spiro atoms. The Morgan fingerprint density at radius 2 is 1.80 bits per heavy atom. The molecule has 0 aromatic rings. The highest BCUT2D eigenvalue weighted by molar-refractivity contribution is 8.00. The molecule has 3 saturated heterocycles. The van der Waals surface area contributed by atoms with Gasteiger partial charge < -0.3 is 0 Å². The van der Waals surface area contributed by atoms with Crippen LogP contribution in [0.4, 0.5) is 0 Å². The van der Waals surface area contributed by atoms with Gasteiger partial charge in [-0.15, -0.1) is 11.8 Å². The van der Waals surface area contributed by atoms with Crippen LogP contribution < -0.4 is 10.6 Å². The monoisotopic (exact) mass is 357 g/mol. The molecule has 0 amide bonds. The maximum Gasteiger partial charge on any atom is 0.0718 e. The molecule has 2 N–H and O–H groups in total. The third-order valence-corrected chi connectivity index (χ3v) is 9.16. The van der Waals surface area contributed by atoms with E-state index in [9.17, 15) is 10.5 Å². The second kappa shape index (κ2) is 6.13. The molecule has 2 aliphatic carbocycles. The van der Waals surface area contributed by atoms with Crippen molar-refractivity contribution in [2.75, 3.05) is 6.67 Å². The zero-order valence-corrected chi connectivity index (χ0v) is 15.6. The number of nitriles is 2. The standard InChI is InChI=1S/C19H27N5S/c1-10-2-3-14-13(4-10)17-18-19(23-9-22-17)25-16-6-12(8-21)11(7-20)5-15(16)24(14)18/h10-19,22-23H,2-6,9H2,1H3. The second-order valence-corrected chi connectivity index (χ2v) is 10.2. The number of nitrogens with one attached hydrogen (secondary N) is 2. The fraction of sp³-hybridized carbons (Fsp3) is 0.895. The average molecular weight is 358 g/mol.